The van der Waals surface area contributed by atoms with Gasteiger partial charge in [-0.2, -0.15) is 5.10 Å². The SMILES string of the molecule is COc1ccccc1-c1c(NC(=O)c2ccc(Cl)cc2)n(-c2ccc(Cl)cc2)nc(C)c1=O. The van der Waals surface area contributed by atoms with Gasteiger partial charge in [0.05, 0.1) is 18.4 Å². The number of rotatable bonds is 5. The quantitative estimate of drug-likeness (QED) is 0.393. The maximum atomic E-state index is 13.3. The van der Waals surface area contributed by atoms with Crippen LogP contribution in [0.25, 0.3) is 16.8 Å². The molecule has 1 N–H and O–H groups in total. The van der Waals surface area contributed by atoms with Gasteiger partial charge >= 0.3 is 0 Å². The fourth-order valence-electron chi connectivity index (χ4n) is 3.41. The molecule has 166 valence electrons. The average molecular weight is 480 g/mol. The van der Waals surface area contributed by atoms with Gasteiger partial charge < -0.3 is 10.1 Å². The highest BCUT2D eigenvalue weighted by Gasteiger charge is 2.23. The molecule has 0 fully saturated rings. The van der Waals surface area contributed by atoms with E-state index >= 15 is 0 Å². The predicted molar refractivity (Wildman–Crippen MR) is 131 cm³/mol. The molecule has 0 unspecified atom stereocenters. The number of nitrogens with zero attached hydrogens (tertiary/aromatic N) is 2. The van der Waals surface area contributed by atoms with Crippen LogP contribution in [0, 0.1) is 6.92 Å². The molecule has 6 nitrogen and oxygen atoms in total. The Morgan fingerprint density at radius 2 is 1.55 bits per heavy atom. The molecule has 4 rings (SSSR count). The van der Waals surface area contributed by atoms with Gasteiger partial charge in [0, 0.05) is 21.2 Å². The van der Waals surface area contributed by atoms with E-state index in [1.807, 2.05) is 0 Å². The van der Waals surface area contributed by atoms with Crippen LogP contribution in [-0.2, 0) is 0 Å². The van der Waals surface area contributed by atoms with E-state index in [0.717, 1.165) is 0 Å². The Labute approximate surface area is 200 Å². The summed E-state index contributed by atoms with van der Waals surface area (Å²) >= 11 is 12.0. The zero-order valence-corrected chi connectivity index (χ0v) is 19.3. The molecule has 0 radical (unpaired) electrons. The summed E-state index contributed by atoms with van der Waals surface area (Å²) < 4.78 is 7.02. The highest BCUT2D eigenvalue weighted by atomic mass is 35.5. The molecule has 3 aromatic carbocycles. The molecule has 1 amide bonds. The van der Waals surface area contributed by atoms with Crippen molar-refractivity contribution in [1.29, 1.82) is 0 Å². The minimum absolute atomic E-state index is 0.206. The molecular weight excluding hydrogens is 461 g/mol. The summed E-state index contributed by atoms with van der Waals surface area (Å²) in [4.78, 5) is 26.5. The Hall–Kier alpha value is -3.61. The minimum Gasteiger partial charge on any atom is -0.496 e. The zero-order valence-electron chi connectivity index (χ0n) is 17.8. The maximum Gasteiger partial charge on any atom is 0.256 e. The normalized spacial score (nSPS) is 10.7. The lowest BCUT2D eigenvalue weighted by molar-refractivity contribution is 0.102. The molecule has 0 atom stereocenters. The van der Waals surface area contributed by atoms with E-state index in [0.29, 0.717) is 32.6 Å². The van der Waals surface area contributed by atoms with Gasteiger partial charge in [0.15, 0.2) is 0 Å². The lowest BCUT2D eigenvalue weighted by Crippen LogP contribution is -2.25. The minimum atomic E-state index is -0.421. The third kappa shape index (κ3) is 4.62. The van der Waals surface area contributed by atoms with Crippen LogP contribution in [0.3, 0.4) is 0 Å². The molecule has 4 aromatic rings. The van der Waals surface area contributed by atoms with Crippen molar-refractivity contribution < 1.29 is 9.53 Å². The zero-order chi connectivity index (χ0) is 23.5. The summed E-state index contributed by atoms with van der Waals surface area (Å²) in [5.41, 5.74) is 1.72. The van der Waals surface area contributed by atoms with E-state index in [-0.39, 0.29) is 22.5 Å². The van der Waals surface area contributed by atoms with E-state index < -0.39 is 5.91 Å². The number of amides is 1. The molecule has 0 bridgehead atoms. The number of halogens is 2. The van der Waals surface area contributed by atoms with E-state index in [2.05, 4.69) is 10.4 Å². The Bertz CT molecular complexity index is 1380. The van der Waals surface area contributed by atoms with Crippen molar-refractivity contribution in [2.75, 3.05) is 12.4 Å². The largest absolute Gasteiger partial charge is 0.496 e. The van der Waals surface area contributed by atoms with Crippen LogP contribution in [0.1, 0.15) is 16.1 Å². The van der Waals surface area contributed by atoms with Gasteiger partial charge in [0.1, 0.15) is 17.3 Å². The Morgan fingerprint density at radius 1 is 0.939 bits per heavy atom. The number of benzene rings is 3. The van der Waals surface area contributed by atoms with Gasteiger partial charge in [-0.15, -0.1) is 0 Å². The number of hydrogen-bond donors (Lipinski definition) is 1. The van der Waals surface area contributed by atoms with E-state index in [1.54, 1.807) is 79.7 Å². The number of methoxy groups -OCH3 is 1. The third-order valence-electron chi connectivity index (χ3n) is 5.04. The number of hydrogen-bond acceptors (Lipinski definition) is 4. The van der Waals surface area contributed by atoms with Gasteiger partial charge in [-0.3, -0.25) is 9.59 Å². The number of carbonyl (C=O) groups is 1. The van der Waals surface area contributed by atoms with Crippen LogP contribution in [0.15, 0.2) is 77.6 Å². The molecule has 0 aliphatic carbocycles. The summed E-state index contributed by atoms with van der Waals surface area (Å²) in [6, 6.07) is 20.5. The molecule has 0 saturated carbocycles. The molecule has 0 aliphatic rings. The summed E-state index contributed by atoms with van der Waals surface area (Å²) in [6.07, 6.45) is 0. The topological polar surface area (TPSA) is 73.2 Å². The van der Waals surface area contributed by atoms with Gasteiger partial charge in [0.2, 0.25) is 5.43 Å². The van der Waals surface area contributed by atoms with Crippen LogP contribution in [0.2, 0.25) is 10.0 Å². The number of nitrogens with one attached hydrogen (secondary N) is 1. The molecular formula is C25H19Cl2N3O3. The number of carbonyl (C=O) groups excluding carboxylic acids is 1. The first-order valence-corrected chi connectivity index (χ1v) is 10.7. The molecule has 0 spiro atoms. The third-order valence-corrected chi connectivity index (χ3v) is 5.54. The predicted octanol–water partition coefficient (Wildman–Crippen LogP) is 5.78. The second kappa shape index (κ2) is 9.48. The smallest absolute Gasteiger partial charge is 0.256 e. The maximum absolute atomic E-state index is 13.3. The van der Waals surface area contributed by atoms with Crippen molar-refractivity contribution in [3.05, 3.63) is 104 Å². The van der Waals surface area contributed by atoms with Crippen molar-refractivity contribution in [3.8, 4) is 22.6 Å². The Balaban J connectivity index is 1.98. The monoisotopic (exact) mass is 479 g/mol. The standard InChI is InChI=1S/C25H19Cl2N3O3/c1-15-23(31)22(20-5-3-4-6-21(20)33-2)24(28-25(32)16-7-9-17(26)10-8-16)30(29-15)19-13-11-18(27)12-14-19/h3-14H,1-2H3,(H,28,32). The second-order valence-electron chi connectivity index (χ2n) is 7.19. The van der Waals surface area contributed by atoms with Crippen LogP contribution in [0.5, 0.6) is 5.75 Å². The lowest BCUT2D eigenvalue weighted by Gasteiger charge is -2.19. The van der Waals surface area contributed by atoms with Crippen molar-refractivity contribution in [1.82, 2.24) is 9.78 Å². The van der Waals surface area contributed by atoms with E-state index in [4.69, 9.17) is 27.9 Å². The van der Waals surface area contributed by atoms with Gasteiger partial charge in [0.25, 0.3) is 5.91 Å². The van der Waals surface area contributed by atoms with E-state index in [9.17, 15) is 9.59 Å². The van der Waals surface area contributed by atoms with Crippen molar-refractivity contribution >= 4 is 34.9 Å². The number of aromatic nitrogens is 2. The molecule has 33 heavy (non-hydrogen) atoms. The second-order valence-corrected chi connectivity index (χ2v) is 8.06. The van der Waals surface area contributed by atoms with Crippen LogP contribution >= 0.6 is 23.2 Å². The van der Waals surface area contributed by atoms with Gasteiger partial charge in [-0.25, -0.2) is 4.68 Å². The van der Waals surface area contributed by atoms with Gasteiger partial charge in [-0.1, -0.05) is 41.4 Å². The number of anilines is 1. The fourth-order valence-corrected chi connectivity index (χ4v) is 3.66. The van der Waals surface area contributed by atoms with Crippen molar-refractivity contribution in [2.45, 2.75) is 6.92 Å². The number of aryl methyl sites for hydroxylation is 1. The first-order chi connectivity index (χ1) is 15.9. The summed E-state index contributed by atoms with van der Waals surface area (Å²) in [6.45, 7) is 1.62. The molecule has 1 aromatic heterocycles. The first-order valence-electron chi connectivity index (χ1n) is 9.99. The summed E-state index contributed by atoms with van der Waals surface area (Å²) in [7, 11) is 1.52. The average Bonchev–Trinajstić information content (AvgIpc) is 2.82. The van der Waals surface area contributed by atoms with E-state index in [1.165, 1.54) is 11.8 Å². The van der Waals surface area contributed by atoms with Crippen molar-refractivity contribution in [3.63, 3.8) is 0 Å². The van der Waals surface area contributed by atoms with Crippen molar-refractivity contribution in [2.24, 2.45) is 0 Å². The van der Waals surface area contributed by atoms with Crippen LogP contribution < -0.4 is 15.5 Å². The van der Waals surface area contributed by atoms with Crippen LogP contribution in [-0.4, -0.2) is 22.8 Å². The highest BCUT2D eigenvalue weighted by molar-refractivity contribution is 6.31. The van der Waals surface area contributed by atoms with Crippen LogP contribution in [0.4, 0.5) is 5.82 Å². The lowest BCUT2D eigenvalue weighted by atomic mass is 10.0. The molecule has 0 aliphatic heterocycles. The molecule has 8 heteroatoms. The summed E-state index contributed by atoms with van der Waals surface area (Å²) in [5, 5.41) is 8.40. The molecule has 0 saturated heterocycles. The molecule has 1 heterocycles. The highest BCUT2D eigenvalue weighted by Crippen LogP contribution is 2.34. The first kappa shape index (κ1) is 22.6. The fraction of sp³-hybridized carbons (Fsp3) is 0.0800. The Kier molecular flexibility index (Phi) is 6.49. The van der Waals surface area contributed by atoms with Gasteiger partial charge in [-0.05, 0) is 61.5 Å². The number of ether oxygens (including phenoxy) is 1. The number of para-hydroxylation sites is 1. The Morgan fingerprint density at radius 3 is 2.18 bits per heavy atom. The summed E-state index contributed by atoms with van der Waals surface area (Å²) in [5.74, 6) is 0.276.